The predicted molar refractivity (Wildman–Crippen MR) is 84.0 cm³/mol. The van der Waals surface area contributed by atoms with Crippen LogP contribution in [-0.4, -0.2) is 27.1 Å². The number of hydrogen-bond donors (Lipinski definition) is 0. The summed E-state index contributed by atoms with van der Waals surface area (Å²) >= 11 is 7.41. The van der Waals surface area contributed by atoms with Gasteiger partial charge in [-0.3, -0.25) is 4.40 Å². The molecule has 0 saturated carbocycles. The molecule has 0 atom stereocenters. The summed E-state index contributed by atoms with van der Waals surface area (Å²) in [5.74, 6) is -0.345. The van der Waals surface area contributed by atoms with Gasteiger partial charge in [0.15, 0.2) is 4.96 Å². The average molecular weight is 322 g/mol. The number of imidazole rings is 1. The number of allylic oxidation sites excluding steroid dienone is 3. The Hall–Kier alpha value is -1.92. The molecule has 0 bridgehead atoms. The van der Waals surface area contributed by atoms with E-state index < -0.39 is 0 Å². The van der Waals surface area contributed by atoms with E-state index >= 15 is 0 Å². The van der Waals surface area contributed by atoms with Crippen LogP contribution in [0.4, 0.5) is 0 Å². The van der Waals surface area contributed by atoms with Gasteiger partial charge in [0.1, 0.15) is 10.9 Å². The molecule has 0 unspecified atom stereocenters. The second-order valence-electron chi connectivity index (χ2n) is 4.34. The highest BCUT2D eigenvalue weighted by atomic mass is 35.5. The molecule has 2 aromatic heterocycles. The van der Waals surface area contributed by atoms with E-state index in [0.29, 0.717) is 23.9 Å². The highest BCUT2D eigenvalue weighted by Gasteiger charge is 2.17. The van der Waals surface area contributed by atoms with Crippen molar-refractivity contribution in [3.8, 4) is 0 Å². The topological polar surface area (TPSA) is 56.0 Å². The molecule has 7 heteroatoms. The van der Waals surface area contributed by atoms with Crippen molar-refractivity contribution >= 4 is 44.6 Å². The lowest BCUT2D eigenvalue weighted by atomic mass is 10.1. The van der Waals surface area contributed by atoms with E-state index in [9.17, 15) is 4.79 Å². The lowest BCUT2D eigenvalue weighted by molar-refractivity contribution is 0.0518. The first kappa shape index (κ1) is 14.0. The molecular weight excluding hydrogens is 310 g/mol. The highest BCUT2D eigenvalue weighted by Crippen LogP contribution is 2.25. The largest absolute Gasteiger partial charge is 0.461 e. The van der Waals surface area contributed by atoms with Gasteiger partial charge in [-0.25, -0.2) is 14.8 Å². The molecule has 0 saturated heterocycles. The molecule has 0 radical (unpaired) electrons. The van der Waals surface area contributed by atoms with Crippen molar-refractivity contribution in [2.75, 3.05) is 6.61 Å². The summed E-state index contributed by atoms with van der Waals surface area (Å²) in [6.07, 6.45) is 7.75. The molecular formula is C14H12ClN3O2S. The number of fused-ring (bicyclic) bond motifs is 1. The number of nitrogens with zero attached hydrogens (tertiary/aromatic N) is 3. The molecule has 5 nitrogen and oxygen atoms in total. The fraction of sp³-hybridized carbons (Fsp3) is 0.214. The number of esters is 1. The summed E-state index contributed by atoms with van der Waals surface area (Å²) in [6.45, 7) is 2.13. The molecule has 1 aliphatic rings. The highest BCUT2D eigenvalue weighted by molar-refractivity contribution is 7.15. The van der Waals surface area contributed by atoms with Gasteiger partial charge in [-0.15, -0.1) is 11.3 Å². The Morgan fingerprint density at radius 1 is 1.57 bits per heavy atom. The van der Waals surface area contributed by atoms with E-state index in [-0.39, 0.29) is 5.97 Å². The van der Waals surface area contributed by atoms with Crippen molar-refractivity contribution in [1.82, 2.24) is 9.38 Å². The maximum Gasteiger partial charge on any atom is 0.356 e. The Labute approximate surface area is 130 Å². The summed E-state index contributed by atoms with van der Waals surface area (Å²) < 4.78 is 6.79. The third-order valence-corrected chi connectivity index (χ3v) is 4.03. The normalized spacial score (nSPS) is 14.8. The van der Waals surface area contributed by atoms with Crippen LogP contribution in [0.25, 0.3) is 10.5 Å². The Morgan fingerprint density at radius 3 is 3.24 bits per heavy atom. The maximum atomic E-state index is 11.9. The predicted octanol–water partition coefficient (Wildman–Crippen LogP) is 3.51. The van der Waals surface area contributed by atoms with Crippen molar-refractivity contribution in [3.63, 3.8) is 0 Å². The Morgan fingerprint density at radius 2 is 2.43 bits per heavy atom. The Bertz CT molecular complexity index is 785. The van der Waals surface area contributed by atoms with Gasteiger partial charge in [0, 0.05) is 24.2 Å². The second-order valence-corrected chi connectivity index (χ2v) is 5.61. The van der Waals surface area contributed by atoms with E-state index in [4.69, 9.17) is 16.3 Å². The maximum absolute atomic E-state index is 11.9. The number of aliphatic imine (C=N–C) groups is 1. The number of ether oxygens (including phenoxy) is 1. The molecule has 108 valence electrons. The molecule has 3 heterocycles. The zero-order chi connectivity index (χ0) is 14.8. The minimum absolute atomic E-state index is 0.345. The number of hydrogen-bond acceptors (Lipinski definition) is 5. The van der Waals surface area contributed by atoms with Crippen LogP contribution in [0.5, 0.6) is 0 Å². The van der Waals surface area contributed by atoms with E-state index in [1.54, 1.807) is 22.9 Å². The van der Waals surface area contributed by atoms with Crippen LogP contribution in [0.2, 0.25) is 0 Å². The minimum Gasteiger partial charge on any atom is -0.461 e. The fourth-order valence-corrected chi connectivity index (χ4v) is 3.05. The number of thiazole rings is 1. The quantitative estimate of drug-likeness (QED) is 0.813. The van der Waals surface area contributed by atoms with Crippen LogP contribution in [0.15, 0.2) is 34.9 Å². The first-order chi connectivity index (χ1) is 10.2. The monoisotopic (exact) mass is 321 g/mol. The van der Waals surface area contributed by atoms with Crippen molar-refractivity contribution < 1.29 is 9.53 Å². The standard InChI is InChI=1S/C14H12ClN3O2S/c1-2-20-13(19)11-8-21-14-17-10(7-18(11)14)9-4-3-5-16-12(15)6-9/h3-5,7-8H,2,6H2,1H3. The number of rotatable bonds is 3. The summed E-state index contributed by atoms with van der Waals surface area (Å²) in [6, 6.07) is 0. The zero-order valence-corrected chi connectivity index (χ0v) is 12.8. The van der Waals surface area contributed by atoms with Gasteiger partial charge < -0.3 is 4.74 Å². The smallest absolute Gasteiger partial charge is 0.356 e. The van der Waals surface area contributed by atoms with Gasteiger partial charge in [-0.2, -0.15) is 0 Å². The summed E-state index contributed by atoms with van der Waals surface area (Å²) in [5, 5.41) is 2.26. The number of carbonyl (C=O) groups excluding carboxylic acids is 1. The van der Waals surface area contributed by atoms with Gasteiger partial charge in [0.25, 0.3) is 0 Å². The molecule has 0 amide bonds. The van der Waals surface area contributed by atoms with Crippen LogP contribution < -0.4 is 0 Å². The van der Waals surface area contributed by atoms with Gasteiger partial charge in [0.05, 0.1) is 12.3 Å². The number of aromatic nitrogens is 2. The van der Waals surface area contributed by atoms with Gasteiger partial charge >= 0.3 is 5.97 Å². The van der Waals surface area contributed by atoms with E-state index in [1.165, 1.54) is 11.3 Å². The van der Waals surface area contributed by atoms with Gasteiger partial charge in [-0.05, 0) is 18.6 Å². The zero-order valence-electron chi connectivity index (χ0n) is 11.2. The average Bonchev–Trinajstić information content (AvgIpc) is 2.95. The van der Waals surface area contributed by atoms with E-state index in [0.717, 1.165) is 16.2 Å². The van der Waals surface area contributed by atoms with Crippen LogP contribution >= 0.6 is 22.9 Å². The van der Waals surface area contributed by atoms with Crippen LogP contribution in [0.1, 0.15) is 29.5 Å². The SMILES string of the molecule is CCOC(=O)c1csc2nc(C3=CC=CN=C(Cl)C3)cn12. The molecule has 0 N–H and O–H groups in total. The van der Waals surface area contributed by atoms with Crippen molar-refractivity contribution in [3.05, 3.63) is 41.3 Å². The third kappa shape index (κ3) is 2.77. The van der Waals surface area contributed by atoms with Crippen LogP contribution in [-0.2, 0) is 4.74 Å². The van der Waals surface area contributed by atoms with Crippen LogP contribution in [0, 0.1) is 0 Å². The number of carbonyl (C=O) groups is 1. The molecule has 0 aliphatic carbocycles. The molecule has 3 rings (SSSR count). The second kappa shape index (κ2) is 5.83. The molecule has 0 aromatic carbocycles. The molecule has 21 heavy (non-hydrogen) atoms. The molecule has 0 fully saturated rings. The van der Waals surface area contributed by atoms with Crippen molar-refractivity contribution in [1.29, 1.82) is 0 Å². The number of halogens is 1. The van der Waals surface area contributed by atoms with Gasteiger partial charge in [-0.1, -0.05) is 17.7 Å². The van der Waals surface area contributed by atoms with E-state index in [2.05, 4.69) is 9.98 Å². The minimum atomic E-state index is -0.345. The van der Waals surface area contributed by atoms with E-state index in [1.807, 2.05) is 18.3 Å². The van der Waals surface area contributed by atoms with Crippen LogP contribution in [0.3, 0.4) is 0 Å². The summed E-state index contributed by atoms with van der Waals surface area (Å²) in [5.41, 5.74) is 2.23. The first-order valence-electron chi connectivity index (χ1n) is 6.41. The Balaban J connectivity index is 1.99. The molecule has 0 spiro atoms. The van der Waals surface area contributed by atoms with Crippen molar-refractivity contribution in [2.45, 2.75) is 13.3 Å². The fourth-order valence-electron chi connectivity index (χ4n) is 2.01. The first-order valence-corrected chi connectivity index (χ1v) is 7.66. The summed E-state index contributed by atoms with van der Waals surface area (Å²) in [4.78, 5) is 21.2. The molecule has 1 aliphatic heterocycles. The molecule has 2 aromatic rings. The van der Waals surface area contributed by atoms with Gasteiger partial charge in [0.2, 0.25) is 0 Å². The summed E-state index contributed by atoms with van der Waals surface area (Å²) in [7, 11) is 0. The van der Waals surface area contributed by atoms with Crippen molar-refractivity contribution in [2.24, 2.45) is 4.99 Å². The Kier molecular flexibility index (Phi) is 3.90. The lowest BCUT2D eigenvalue weighted by Gasteiger charge is -2.00. The lowest BCUT2D eigenvalue weighted by Crippen LogP contribution is -2.06. The third-order valence-electron chi connectivity index (χ3n) is 2.96.